The summed E-state index contributed by atoms with van der Waals surface area (Å²) in [4.78, 5) is 11.4. The summed E-state index contributed by atoms with van der Waals surface area (Å²) in [6.07, 6.45) is 0.662. The highest BCUT2D eigenvalue weighted by Crippen LogP contribution is 2.24. The minimum atomic E-state index is -0.850. The van der Waals surface area contributed by atoms with Crippen LogP contribution in [0.5, 0.6) is 0 Å². The molecule has 0 amide bonds. The first-order valence-electron chi connectivity index (χ1n) is 6.37. The first-order chi connectivity index (χ1) is 9.00. The molecular weight excluding hydrogens is 236 g/mol. The molecule has 2 heteroatoms. The van der Waals surface area contributed by atoms with Crippen LogP contribution in [-0.4, -0.2) is 11.1 Å². The highest BCUT2D eigenvalue weighted by Gasteiger charge is 2.16. The van der Waals surface area contributed by atoms with E-state index < -0.39 is 5.97 Å². The van der Waals surface area contributed by atoms with Gasteiger partial charge in [-0.2, -0.15) is 0 Å². The Morgan fingerprint density at radius 2 is 1.68 bits per heavy atom. The Bertz CT molecular complexity index is 613. The molecule has 2 aromatic rings. The molecule has 2 nitrogen and oxygen atoms in total. The highest BCUT2D eigenvalue weighted by atomic mass is 16.4. The monoisotopic (exact) mass is 254 g/mol. The summed E-state index contributed by atoms with van der Waals surface area (Å²) in [5.74, 6) is -0.850. The van der Waals surface area contributed by atoms with Crippen molar-refractivity contribution in [2.24, 2.45) is 0 Å². The van der Waals surface area contributed by atoms with E-state index in [2.05, 4.69) is 0 Å². The van der Waals surface area contributed by atoms with E-state index in [0.717, 1.165) is 22.3 Å². The van der Waals surface area contributed by atoms with E-state index >= 15 is 0 Å². The molecule has 0 heterocycles. The lowest BCUT2D eigenvalue weighted by atomic mass is 9.90. The highest BCUT2D eigenvalue weighted by molar-refractivity contribution is 5.90. The first-order valence-corrected chi connectivity index (χ1v) is 6.37. The van der Waals surface area contributed by atoms with Gasteiger partial charge in [-0.15, -0.1) is 0 Å². The average Bonchev–Trinajstić information content (AvgIpc) is 2.40. The predicted octanol–water partition coefficient (Wildman–Crippen LogP) is 3.90. The maximum Gasteiger partial charge on any atom is 0.335 e. The van der Waals surface area contributed by atoms with Crippen LogP contribution < -0.4 is 0 Å². The summed E-state index contributed by atoms with van der Waals surface area (Å²) in [5.41, 5.74) is 5.77. The molecule has 2 rings (SSSR count). The molecule has 0 saturated heterocycles. The van der Waals surface area contributed by atoms with Crippen molar-refractivity contribution in [2.45, 2.75) is 27.2 Å². The number of hydrogen-bond acceptors (Lipinski definition) is 1. The molecule has 0 aliphatic rings. The van der Waals surface area contributed by atoms with Gasteiger partial charge in [-0.3, -0.25) is 0 Å². The van der Waals surface area contributed by atoms with Crippen LogP contribution in [0.4, 0.5) is 0 Å². The summed E-state index contributed by atoms with van der Waals surface area (Å²) in [6, 6.07) is 11.8. The van der Waals surface area contributed by atoms with Crippen molar-refractivity contribution in [3.05, 3.63) is 69.8 Å². The molecule has 2 aromatic carbocycles. The van der Waals surface area contributed by atoms with E-state index in [-0.39, 0.29) is 0 Å². The number of carbonyl (C=O) groups is 1. The smallest absolute Gasteiger partial charge is 0.335 e. The fourth-order valence-corrected chi connectivity index (χ4v) is 2.35. The third kappa shape index (κ3) is 2.68. The molecule has 0 fully saturated rings. The molecule has 98 valence electrons. The minimum absolute atomic E-state index is 0.421. The van der Waals surface area contributed by atoms with E-state index in [1.165, 1.54) is 5.56 Å². The fraction of sp³-hybridized carbons (Fsp3) is 0.235. The number of aryl methyl sites for hydroxylation is 1. The van der Waals surface area contributed by atoms with Gasteiger partial charge < -0.3 is 5.11 Å². The van der Waals surface area contributed by atoms with Crippen LogP contribution in [-0.2, 0) is 6.42 Å². The normalized spacial score (nSPS) is 10.5. The van der Waals surface area contributed by atoms with Crippen LogP contribution in [0.25, 0.3) is 0 Å². The van der Waals surface area contributed by atoms with E-state index in [4.69, 9.17) is 0 Å². The van der Waals surface area contributed by atoms with Crippen LogP contribution in [0.3, 0.4) is 0 Å². The molecule has 0 unspecified atom stereocenters. The van der Waals surface area contributed by atoms with Gasteiger partial charge in [-0.25, -0.2) is 4.79 Å². The quantitative estimate of drug-likeness (QED) is 0.902. The van der Waals surface area contributed by atoms with Crippen LogP contribution in [0, 0.1) is 20.8 Å². The molecule has 0 aromatic heterocycles. The molecule has 0 atom stereocenters. The fourth-order valence-electron chi connectivity index (χ4n) is 2.35. The van der Waals surface area contributed by atoms with Gasteiger partial charge in [-0.05, 0) is 61.1 Å². The summed E-state index contributed by atoms with van der Waals surface area (Å²) < 4.78 is 0. The molecule has 1 N–H and O–H groups in total. The van der Waals surface area contributed by atoms with Gasteiger partial charge in [-0.1, -0.05) is 30.3 Å². The number of benzene rings is 2. The third-order valence-electron chi connectivity index (χ3n) is 3.75. The van der Waals surface area contributed by atoms with E-state index in [9.17, 15) is 9.90 Å². The number of aromatic carboxylic acids is 1. The van der Waals surface area contributed by atoms with E-state index in [1.54, 1.807) is 6.07 Å². The van der Waals surface area contributed by atoms with Gasteiger partial charge in [0.25, 0.3) is 0 Å². The SMILES string of the molecule is Cc1cc(C(=O)O)c(Cc2ccccc2)c(C)c1C. The molecule has 0 spiro atoms. The number of hydrogen-bond donors (Lipinski definition) is 1. The van der Waals surface area contributed by atoms with Gasteiger partial charge in [0.15, 0.2) is 0 Å². The minimum Gasteiger partial charge on any atom is -0.478 e. The third-order valence-corrected chi connectivity index (χ3v) is 3.75. The number of carboxylic acid groups (broad SMARTS) is 1. The summed E-state index contributed by atoms with van der Waals surface area (Å²) in [7, 11) is 0. The maximum atomic E-state index is 11.4. The van der Waals surface area contributed by atoms with Crippen LogP contribution in [0.2, 0.25) is 0 Å². The lowest BCUT2D eigenvalue weighted by Gasteiger charge is -2.15. The molecule has 0 saturated carbocycles. The Hall–Kier alpha value is -2.09. The predicted molar refractivity (Wildman–Crippen MR) is 76.9 cm³/mol. The van der Waals surface area contributed by atoms with E-state index in [1.807, 2.05) is 51.1 Å². The van der Waals surface area contributed by atoms with Gasteiger partial charge in [0.1, 0.15) is 0 Å². The van der Waals surface area contributed by atoms with Gasteiger partial charge in [0, 0.05) is 0 Å². The number of carboxylic acids is 1. The van der Waals surface area contributed by atoms with Crippen LogP contribution >= 0.6 is 0 Å². The summed E-state index contributed by atoms with van der Waals surface area (Å²) >= 11 is 0. The van der Waals surface area contributed by atoms with Crippen molar-refractivity contribution in [3.63, 3.8) is 0 Å². The Balaban J connectivity index is 2.55. The largest absolute Gasteiger partial charge is 0.478 e. The average molecular weight is 254 g/mol. The molecule has 0 aliphatic carbocycles. The Morgan fingerprint density at radius 3 is 2.26 bits per heavy atom. The topological polar surface area (TPSA) is 37.3 Å². The van der Waals surface area contributed by atoms with Crippen molar-refractivity contribution in [1.29, 1.82) is 0 Å². The lowest BCUT2D eigenvalue weighted by molar-refractivity contribution is 0.0695. The van der Waals surface area contributed by atoms with Crippen LogP contribution in [0.15, 0.2) is 36.4 Å². The second-order valence-corrected chi connectivity index (χ2v) is 4.94. The molecular formula is C17H18O2. The zero-order valence-electron chi connectivity index (χ0n) is 11.5. The first kappa shape index (κ1) is 13.3. The van der Waals surface area contributed by atoms with Gasteiger partial charge in [0.2, 0.25) is 0 Å². The zero-order chi connectivity index (χ0) is 14.0. The van der Waals surface area contributed by atoms with Gasteiger partial charge >= 0.3 is 5.97 Å². The molecule has 0 radical (unpaired) electrons. The van der Waals surface area contributed by atoms with Gasteiger partial charge in [0.05, 0.1) is 5.56 Å². The van der Waals surface area contributed by atoms with E-state index in [0.29, 0.717) is 12.0 Å². The Kier molecular flexibility index (Phi) is 3.70. The second kappa shape index (κ2) is 5.27. The van der Waals surface area contributed by atoms with Crippen molar-refractivity contribution in [3.8, 4) is 0 Å². The maximum absolute atomic E-state index is 11.4. The van der Waals surface area contributed by atoms with Crippen LogP contribution in [0.1, 0.15) is 38.2 Å². The van der Waals surface area contributed by atoms with Crippen molar-refractivity contribution in [2.75, 3.05) is 0 Å². The number of rotatable bonds is 3. The van der Waals surface area contributed by atoms with Crippen molar-refractivity contribution < 1.29 is 9.90 Å². The Labute approximate surface area is 113 Å². The molecule has 19 heavy (non-hydrogen) atoms. The van der Waals surface area contributed by atoms with Crippen molar-refractivity contribution in [1.82, 2.24) is 0 Å². The van der Waals surface area contributed by atoms with Crippen molar-refractivity contribution >= 4 is 5.97 Å². The standard InChI is InChI=1S/C17H18O2/c1-11-9-16(17(18)19)15(13(3)12(11)2)10-14-7-5-4-6-8-14/h4-9H,10H2,1-3H3,(H,18,19). The lowest BCUT2D eigenvalue weighted by Crippen LogP contribution is -2.08. The Morgan fingerprint density at radius 1 is 1.05 bits per heavy atom. The zero-order valence-corrected chi connectivity index (χ0v) is 11.5. The summed E-state index contributed by atoms with van der Waals surface area (Å²) in [5, 5.41) is 9.38. The molecule has 0 aliphatic heterocycles. The molecule has 0 bridgehead atoms. The summed E-state index contributed by atoms with van der Waals surface area (Å²) in [6.45, 7) is 6.01. The second-order valence-electron chi connectivity index (χ2n) is 4.94.